The maximum absolute atomic E-state index is 9.23. The van der Waals surface area contributed by atoms with Crippen LogP contribution in [0.5, 0.6) is 11.5 Å². The number of benzene rings is 1. The number of hydrogen-bond donors (Lipinski definition) is 2. The third-order valence-corrected chi connectivity index (χ3v) is 2.76. The largest absolute Gasteiger partial charge is 0.508 e. The van der Waals surface area contributed by atoms with E-state index in [1.807, 2.05) is 0 Å². The van der Waals surface area contributed by atoms with Crippen molar-refractivity contribution in [1.29, 1.82) is 0 Å². The first-order valence-electron chi connectivity index (χ1n) is 3.96. The Hall–Kier alpha value is -1.16. The molecule has 1 aliphatic rings. The molecule has 13 heavy (non-hydrogen) atoms. The van der Waals surface area contributed by atoms with E-state index in [1.165, 1.54) is 6.07 Å². The highest BCUT2D eigenvalue weighted by Gasteiger charge is 2.11. The second kappa shape index (κ2) is 3.30. The molecule has 0 aromatic heterocycles. The zero-order chi connectivity index (χ0) is 9.26. The fourth-order valence-corrected chi connectivity index (χ4v) is 2.07. The van der Waals surface area contributed by atoms with Gasteiger partial charge in [-0.05, 0) is 12.1 Å². The Morgan fingerprint density at radius 2 is 1.85 bits per heavy atom. The van der Waals surface area contributed by atoms with E-state index >= 15 is 0 Å². The zero-order valence-corrected chi connectivity index (χ0v) is 7.71. The summed E-state index contributed by atoms with van der Waals surface area (Å²) in [5.74, 6) is 1.13. The molecule has 0 fully saturated rings. The lowest BCUT2D eigenvalue weighted by Gasteiger charge is -2.01. The number of phenols is 2. The van der Waals surface area contributed by atoms with Gasteiger partial charge in [0.15, 0.2) is 0 Å². The first-order valence-corrected chi connectivity index (χ1v) is 4.95. The van der Waals surface area contributed by atoms with Crippen molar-refractivity contribution in [2.24, 2.45) is 4.99 Å². The Balaban J connectivity index is 2.39. The van der Waals surface area contributed by atoms with Crippen LogP contribution >= 0.6 is 11.8 Å². The van der Waals surface area contributed by atoms with Crippen LogP contribution in [-0.4, -0.2) is 27.6 Å². The molecule has 3 nitrogen and oxygen atoms in total. The quantitative estimate of drug-likeness (QED) is 0.715. The number of aliphatic imine (C=N–C) groups is 1. The molecule has 0 spiro atoms. The van der Waals surface area contributed by atoms with Crippen LogP contribution in [-0.2, 0) is 0 Å². The standard InChI is InChI=1S/C9H9NO2S/c11-7-3-6(4-8(12)5-7)9-10-1-2-13-9/h3-5,11-12H,1-2H2. The Labute approximate surface area is 80.1 Å². The Bertz CT molecular complexity index is 342. The van der Waals surface area contributed by atoms with Gasteiger partial charge in [-0.3, -0.25) is 4.99 Å². The van der Waals surface area contributed by atoms with E-state index in [2.05, 4.69) is 4.99 Å². The summed E-state index contributed by atoms with van der Waals surface area (Å²) in [6.07, 6.45) is 0. The van der Waals surface area contributed by atoms with Crippen LogP contribution in [0.15, 0.2) is 23.2 Å². The normalized spacial score (nSPS) is 15.8. The van der Waals surface area contributed by atoms with Crippen molar-refractivity contribution >= 4 is 16.8 Å². The molecule has 0 radical (unpaired) electrons. The monoisotopic (exact) mass is 195 g/mol. The minimum atomic E-state index is 0.0743. The van der Waals surface area contributed by atoms with Crippen molar-refractivity contribution in [3.63, 3.8) is 0 Å². The predicted octanol–water partition coefficient (Wildman–Crippen LogP) is 1.59. The fourth-order valence-electron chi connectivity index (χ4n) is 1.23. The maximum atomic E-state index is 9.23. The average Bonchev–Trinajstić information content (AvgIpc) is 2.53. The summed E-state index contributed by atoms with van der Waals surface area (Å²) in [7, 11) is 0. The van der Waals surface area contributed by atoms with Crippen molar-refractivity contribution in [2.45, 2.75) is 0 Å². The zero-order valence-electron chi connectivity index (χ0n) is 6.90. The predicted molar refractivity (Wildman–Crippen MR) is 53.6 cm³/mol. The van der Waals surface area contributed by atoms with Gasteiger partial charge in [-0.25, -0.2) is 0 Å². The van der Waals surface area contributed by atoms with Crippen molar-refractivity contribution in [3.05, 3.63) is 23.8 Å². The van der Waals surface area contributed by atoms with Crippen LogP contribution in [0.4, 0.5) is 0 Å². The van der Waals surface area contributed by atoms with E-state index < -0.39 is 0 Å². The van der Waals surface area contributed by atoms with Crippen LogP contribution < -0.4 is 0 Å². The van der Waals surface area contributed by atoms with Gasteiger partial charge < -0.3 is 10.2 Å². The fraction of sp³-hybridized carbons (Fsp3) is 0.222. The molecule has 1 heterocycles. The third kappa shape index (κ3) is 1.78. The molecule has 0 unspecified atom stereocenters. The first kappa shape index (κ1) is 8.44. The Morgan fingerprint density at radius 1 is 1.15 bits per heavy atom. The molecule has 0 saturated heterocycles. The van der Waals surface area contributed by atoms with Crippen LogP contribution in [0.3, 0.4) is 0 Å². The van der Waals surface area contributed by atoms with E-state index in [1.54, 1.807) is 23.9 Å². The SMILES string of the molecule is Oc1cc(O)cc(C2=NCCS2)c1. The molecule has 68 valence electrons. The lowest BCUT2D eigenvalue weighted by molar-refractivity contribution is 0.450. The van der Waals surface area contributed by atoms with Gasteiger partial charge in [-0.1, -0.05) is 0 Å². The smallest absolute Gasteiger partial charge is 0.119 e. The maximum Gasteiger partial charge on any atom is 0.119 e. The van der Waals surface area contributed by atoms with Crippen molar-refractivity contribution in [1.82, 2.24) is 0 Å². The van der Waals surface area contributed by atoms with Gasteiger partial charge in [0.25, 0.3) is 0 Å². The van der Waals surface area contributed by atoms with Crippen LogP contribution in [0.2, 0.25) is 0 Å². The van der Waals surface area contributed by atoms with Gasteiger partial charge in [0.1, 0.15) is 11.5 Å². The van der Waals surface area contributed by atoms with Gasteiger partial charge in [-0.15, -0.1) is 11.8 Å². The third-order valence-electron chi connectivity index (χ3n) is 1.73. The van der Waals surface area contributed by atoms with Gasteiger partial charge in [0, 0.05) is 23.9 Å². The Kier molecular flexibility index (Phi) is 2.14. The van der Waals surface area contributed by atoms with Gasteiger partial charge >= 0.3 is 0 Å². The lowest BCUT2D eigenvalue weighted by Crippen LogP contribution is -1.90. The number of rotatable bonds is 1. The van der Waals surface area contributed by atoms with Crippen molar-refractivity contribution < 1.29 is 10.2 Å². The highest BCUT2D eigenvalue weighted by atomic mass is 32.2. The average molecular weight is 195 g/mol. The number of thioether (sulfide) groups is 1. The number of phenolic OH excluding ortho intramolecular Hbond substituents is 2. The molecule has 0 aliphatic carbocycles. The Morgan fingerprint density at radius 3 is 2.38 bits per heavy atom. The molecule has 0 saturated carbocycles. The molecule has 0 amide bonds. The summed E-state index contributed by atoms with van der Waals surface area (Å²) in [4.78, 5) is 4.25. The van der Waals surface area contributed by atoms with Gasteiger partial charge in [0.2, 0.25) is 0 Å². The highest BCUT2D eigenvalue weighted by molar-refractivity contribution is 8.14. The van der Waals surface area contributed by atoms with E-state index in [0.29, 0.717) is 0 Å². The molecule has 1 aliphatic heterocycles. The van der Waals surface area contributed by atoms with E-state index in [9.17, 15) is 10.2 Å². The lowest BCUT2D eigenvalue weighted by atomic mass is 10.2. The molecular weight excluding hydrogens is 186 g/mol. The van der Waals surface area contributed by atoms with E-state index in [4.69, 9.17) is 0 Å². The van der Waals surface area contributed by atoms with E-state index in [0.717, 1.165) is 22.9 Å². The minimum absolute atomic E-state index is 0.0743. The second-order valence-electron chi connectivity index (χ2n) is 2.77. The van der Waals surface area contributed by atoms with Crippen molar-refractivity contribution in [2.75, 3.05) is 12.3 Å². The number of aromatic hydroxyl groups is 2. The number of hydrogen-bond acceptors (Lipinski definition) is 4. The summed E-state index contributed by atoms with van der Waals surface area (Å²) >= 11 is 1.64. The van der Waals surface area contributed by atoms with Crippen LogP contribution in [0.1, 0.15) is 5.56 Å². The molecule has 1 aromatic carbocycles. The van der Waals surface area contributed by atoms with Crippen LogP contribution in [0.25, 0.3) is 0 Å². The van der Waals surface area contributed by atoms with E-state index in [-0.39, 0.29) is 11.5 Å². The second-order valence-corrected chi connectivity index (χ2v) is 3.86. The topological polar surface area (TPSA) is 52.8 Å². The molecular formula is C9H9NO2S. The molecule has 2 N–H and O–H groups in total. The number of nitrogens with zero attached hydrogens (tertiary/aromatic N) is 1. The van der Waals surface area contributed by atoms with Gasteiger partial charge in [0.05, 0.1) is 5.04 Å². The summed E-state index contributed by atoms with van der Waals surface area (Å²) < 4.78 is 0. The van der Waals surface area contributed by atoms with Crippen molar-refractivity contribution in [3.8, 4) is 11.5 Å². The molecule has 2 rings (SSSR count). The molecule has 1 aromatic rings. The summed E-state index contributed by atoms with van der Waals surface area (Å²) in [6.45, 7) is 0.816. The molecule has 0 atom stereocenters. The summed E-state index contributed by atoms with van der Waals surface area (Å²) in [5.41, 5.74) is 0.792. The minimum Gasteiger partial charge on any atom is -0.508 e. The molecule has 0 bridgehead atoms. The summed E-state index contributed by atoms with van der Waals surface area (Å²) in [5, 5.41) is 19.4. The highest BCUT2D eigenvalue weighted by Crippen LogP contribution is 2.26. The van der Waals surface area contributed by atoms with Crippen LogP contribution in [0, 0.1) is 0 Å². The van der Waals surface area contributed by atoms with Gasteiger partial charge in [-0.2, -0.15) is 0 Å². The molecule has 4 heteroatoms. The summed E-state index contributed by atoms with van der Waals surface area (Å²) in [6, 6.07) is 4.53. The first-order chi connectivity index (χ1) is 6.25.